The van der Waals surface area contributed by atoms with Crippen LogP contribution in [0.15, 0.2) is 24.3 Å². The van der Waals surface area contributed by atoms with Crippen LogP contribution in [-0.2, 0) is 5.60 Å². The maximum atomic E-state index is 10.7. The van der Waals surface area contributed by atoms with Gasteiger partial charge in [-0.3, -0.25) is 0 Å². The highest BCUT2D eigenvalue weighted by molar-refractivity contribution is 5.37. The lowest BCUT2D eigenvalue weighted by molar-refractivity contribution is 0.0310. The lowest BCUT2D eigenvalue weighted by Gasteiger charge is -2.32. The molecule has 1 aliphatic rings. The van der Waals surface area contributed by atoms with Gasteiger partial charge < -0.3 is 15.2 Å². The van der Waals surface area contributed by atoms with Crippen molar-refractivity contribution in [3.63, 3.8) is 0 Å². The molecule has 0 amide bonds. The standard InChI is InChI=1S/C15H23NO2/c1-15(17,11-12-7-5-6-10-16-12)13-8-3-4-9-14(13)18-2/h3-4,8-9,12,16-17H,5-7,10-11H2,1-2H3. The first-order valence-electron chi connectivity index (χ1n) is 6.73. The Kier molecular flexibility index (Phi) is 4.25. The molecule has 100 valence electrons. The number of rotatable bonds is 4. The Hall–Kier alpha value is -1.06. The van der Waals surface area contributed by atoms with Crippen molar-refractivity contribution in [3.8, 4) is 5.75 Å². The van der Waals surface area contributed by atoms with Crippen LogP contribution in [0.25, 0.3) is 0 Å². The van der Waals surface area contributed by atoms with Crippen LogP contribution in [0.3, 0.4) is 0 Å². The second-order valence-corrected chi connectivity index (χ2v) is 5.33. The van der Waals surface area contributed by atoms with Crippen molar-refractivity contribution in [3.05, 3.63) is 29.8 Å². The van der Waals surface area contributed by atoms with Crippen LogP contribution < -0.4 is 10.1 Å². The third kappa shape index (κ3) is 3.03. The number of aliphatic hydroxyl groups is 1. The molecule has 0 bridgehead atoms. The van der Waals surface area contributed by atoms with Gasteiger partial charge in [-0.2, -0.15) is 0 Å². The molecule has 2 atom stereocenters. The SMILES string of the molecule is COc1ccccc1C(C)(O)CC1CCCCN1. The quantitative estimate of drug-likeness (QED) is 0.861. The normalized spacial score (nSPS) is 23.4. The van der Waals surface area contributed by atoms with E-state index in [2.05, 4.69) is 5.32 Å². The first-order valence-corrected chi connectivity index (χ1v) is 6.73. The van der Waals surface area contributed by atoms with Crippen molar-refractivity contribution in [1.29, 1.82) is 0 Å². The fourth-order valence-corrected chi connectivity index (χ4v) is 2.78. The van der Waals surface area contributed by atoms with Gasteiger partial charge in [0.2, 0.25) is 0 Å². The van der Waals surface area contributed by atoms with Crippen LogP contribution in [-0.4, -0.2) is 24.8 Å². The first-order chi connectivity index (χ1) is 8.63. The minimum absolute atomic E-state index is 0.402. The van der Waals surface area contributed by atoms with Crippen molar-refractivity contribution in [1.82, 2.24) is 5.32 Å². The molecule has 1 aliphatic heterocycles. The van der Waals surface area contributed by atoms with E-state index in [4.69, 9.17) is 4.74 Å². The van der Waals surface area contributed by atoms with Crippen LogP contribution in [0.4, 0.5) is 0 Å². The molecule has 1 aromatic carbocycles. The van der Waals surface area contributed by atoms with Gasteiger partial charge in [0.05, 0.1) is 12.7 Å². The Bertz CT molecular complexity index is 384. The van der Waals surface area contributed by atoms with Crippen LogP contribution in [0.1, 0.15) is 38.2 Å². The summed E-state index contributed by atoms with van der Waals surface area (Å²) in [5.41, 5.74) is 0.0293. The van der Waals surface area contributed by atoms with Gasteiger partial charge in [0.1, 0.15) is 5.75 Å². The molecule has 1 saturated heterocycles. The van der Waals surface area contributed by atoms with E-state index in [0.29, 0.717) is 6.04 Å². The second-order valence-electron chi connectivity index (χ2n) is 5.33. The zero-order valence-corrected chi connectivity index (χ0v) is 11.3. The van der Waals surface area contributed by atoms with Crippen molar-refractivity contribution < 1.29 is 9.84 Å². The maximum absolute atomic E-state index is 10.7. The van der Waals surface area contributed by atoms with Gasteiger partial charge in [0, 0.05) is 11.6 Å². The third-order valence-electron chi connectivity index (χ3n) is 3.74. The van der Waals surface area contributed by atoms with Gasteiger partial charge in [-0.05, 0) is 38.8 Å². The minimum Gasteiger partial charge on any atom is -0.496 e. The topological polar surface area (TPSA) is 41.5 Å². The molecule has 3 nitrogen and oxygen atoms in total. The van der Waals surface area contributed by atoms with Crippen LogP contribution in [0, 0.1) is 0 Å². The molecule has 0 spiro atoms. The monoisotopic (exact) mass is 249 g/mol. The lowest BCUT2D eigenvalue weighted by Crippen LogP contribution is -2.39. The Labute approximate surface area is 109 Å². The summed E-state index contributed by atoms with van der Waals surface area (Å²) in [6.07, 6.45) is 4.37. The van der Waals surface area contributed by atoms with Crippen molar-refractivity contribution in [2.24, 2.45) is 0 Å². The van der Waals surface area contributed by atoms with Gasteiger partial charge >= 0.3 is 0 Å². The van der Waals surface area contributed by atoms with Crippen molar-refractivity contribution in [2.45, 2.75) is 44.2 Å². The van der Waals surface area contributed by atoms with E-state index < -0.39 is 5.60 Å². The van der Waals surface area contributed by atoms with E-state index in [0.717, 1.165) is 30.7 Å². The number of hydrogen-bond acceptors (Lipinski definition) is 3. The number of benzene rings is 1. The molecular formula is C15H23NO2. The fraction of sp³-hybridized carbons (Fsp3) is 0.600. The molecular weight excluding hydrogens is 226 g/mol. The Morgan fingerprint density at radius 2 is 2.17 bits per heavy atom. The molecule has 1 heterocycles. The largest absolute Gasteiger partial charge is 0.496 e. The van der Waals surface area contributed by atoms with E-state index in [1.807, 2.05) is 31.2 Å². The maximum Gasteiger partial charge on any atom is 0.124 e. The number of hydrogen-bond donors (Lipinski definition) is 2. The zero-order valence-electron chi connectivity index (χ0n) is 11.3. The number of piperidine rings is 1. The fourth-order valence-electron chi connectivity index (χ4n) is 2.78. The van der Waals surface area contributed by atoms with E-state index in [1.165, 1.54) is 12.8 Å². The molecule has 3 heteroatoms. The Balaban J connectivity index is 2.13. The molecule has 0 radical (unpaired) electrons. The molecule has 0 aromatic heterocycles. The van der Waals surface area contributed by atoms with Crippen LogP contribution in [0.2, 0.25) is 0 Å². The highest BCUT2D eigenvalue weighted by atomic mass is 16.5. The van der Waals surface area contributed by atoms with Crippen molar-refractivity contribution >= 4 is 0 Å². The summed E-state index contributed by atoms with van der Waals surface area (Å²) in [6, 6.07) is 8.12. The van der Waals surface area contributed by atoms with E-state index >= 15 is 0 Å². The summed E-state index contributed by atoms with van der Waals surface area (Å²) >= 11 is 0. The molecule has 1 fully saturated rings. The van der Waals surface area contributed by atoms with E-state index in [9.17, 15) is 5.11 Å². The third-order valence-corrected chi connectivity index (χ3v) is 3.74. The minimum atomic E-state index is -0.846. The zero-order chi connectivity index (χ0) is 13.0. The van der Waals surface area contributed by atoms with E-state index in [1.54, 1.807) is 7.11 Å². The van der Waals surface area contributed by atoms with E-state index in [-0.39, 0.29) is 0 Å². The van der Waals surface area contributed by atoms with Crippen molar-refractivity contribution in [2.75, 3.05) is 13.7 Å². The summed E-state index contributed by atoms with van der Waals surface area (Å²) in [4.78, 5) is 0. The summed E-state index contributed by atoms with van der Waals surface area (Å²) in [5.74, 6) is 0.762. The number of nitrogens with one attached hydrogen (secondary N) is 1. The highest BCUT2D eigenvalue weighted by Gasteiger charge is 2.30. The molecule has 1 aromatic rings. The Morgan fingerprint density at radius 1 is 1.39 bits per heavy atom. The summed E-state index contributed by atoms with van der Waals surface area (Å²) in [7, 11) is 1.65. The number of ether oxygens (including phenoxy) is 1. The van der Waals surface area contributed by atoms with Gasteiger partial charge in [-0.1, -0.05) is 24.6 Å². The lowest BCUT2D eigenvalue weighted by atomic mass is 9.86. The van der Waals surface area contributed by atoms with Gasteiger partial charge in [0.15, 0.2) is 0 Å². The van der Waals surface area contributed by atoms with Crippen LogP contribution >= 0.6 is 0 Å². The summed E-state index contributed by atoms with van der Waals surface area (Å²) in [6.45, 7) is 2.94. The predicted octanol–water partition coefficient (Wildman–Crippen LogP) is 2.43. The molecule has 0 saturated carbocycles. The van der Waals surface area contributed by atoms with Gasteiger partial charge in [-0.15, -0.1) is 0 Å². The van der Waals surface area contributed by atoms with Gasteiger partial charge in [0.25, 0.3) is 0 Å². The molecule has 18 heavy (non-hydrogen) atoms. The molecule has 2 rings (SSSR count). The predicted molar refractivity (Wildman–Crippen MR) is 72.8 cm³/mol. The summed E-state index contributed by atoms with van der Waals surface area (Å²) < 4.78 is 5.34. The molecule has 0 aliphatic carbocycles. The molecule has 2 unspecified atom stereocenters. The summed E-state index contributed by atoms with van der Waals surface area (Å²) in [5, 5.41) is 14.2. The average molecular weight is 249 g/mol. The Morgan fingerprint density at radius 3 is 2.83 bits per heavy atom. The number of para-hydroxylation sites is 1. The number of methoxy groups -OCH3 is 1. The molecule has 2 N–H and O–H groups in total. The average Bonchev–Trinajstić information content (AvgIpc) is 2.39. The second kappa shape index (κ2) is 5.72. The highest BCUT2D eigenvalue weighted by Crippen LogP contribution is 2.34. The van der Waals surface area contributed by atoms with Crippen LogP contribution in [0.5, 0.6) is 5.75 Å². The first kappa shape index (κ1) is 13.4. The van der Waals surface area contributed by atoms with Gasteiger partial charge in [-0.25, -0.2) is 0 Å². The smallest absolute Gasteiger partial charge is 0.124 e.